The van der Waals surface area contributed by atoms with E-state index >= 15 is 0 Å². The minimum Gasteiger partial charge on any atom is -0.329 e. The van der Waals surface area contributed by atoms with E-state index in [4.69, 9.17) is 11.5 Å². The molecule has 4 N–H and O–H groups in total. The Morgan fingerprint density at radius 2 is 2.36 bits per heavy atom. The zero-order chi connectivity index (χ0) is 8.43. The fraction of sp³-hybridized carbons (Fsp3) is 0.571. The lowest BCUT2D eigenvalue weighted by Crippen LogP contribution is -2.21. The van der Waals surface area contributed by atoms with Crippen LogP contribution in [0.2, 0.25) is 0 Å². The van der Waals surface area contributed by atoms with Gasteiger partial charge >= 0.3 is 0 Å². The van der Waals surface area contributed by atoms with Crippen LogP contribution < -0.4 is 11.5 Å². The fourth-order valence-corrected chi connectivity index (χ4v) is 1.01. The first-order chi connectivity index (χ1) is 5.16. The zero-order valence-corrected chi connectivity index (χ0v) is 6.91. The number of hydrogen-bond acceptors (Lipinski definition) is 3. The molecule has 62 valence electrons. The average Bonchev–Trinajstić information content (AvgIpc) is 2.32. The standard InChI is InChI=1S/C7H14N4/c1-5-6(7(9)3-8)4-10-11(5)2/h4,7H,3,8-9H2,1-2H3. The number of aromatic nitrogens is 2. The summed E-state index contributed by atoms with van der Waals surface area (Å²) in [6.45, 7) is 2.45. The first-order valence-electron chi connectivity index (χ1n) is 3.61. The summed E-state index contributed by atoms with van der Waals surface area (Å²) in [5.74, 6) is 0. The van der Waals surface area contributed by atoms with E-state index in [0.29, 0.717) is 6.54 Å². The minimum absolute atomic E-state index is 0.0799. The fourth-order valence-electron chi connectivity index (χ4n) is 1.01. The van der Waals surface area contributed by atoms with Crippen LogP contribution in [-0.2, 0) is 7.05 Å². The highest BCUT2D eigenvalue weighted by Crippen LogP contribution is 2.12. The minimum atomic E-state index is -0.0799. The van der Waals surface area contributed by atoms with Crippen molar-refractivity contribution in [3.8, 4) is 0 Å². The molecule has 0 saturated heterocycles. The van der Waals surface area contributed by atoms with Gasteiger partial charge in [0.1, 0.15) is 0 Å². The number of rotatable bonds is 2. The summed E-state index contributed by atoms with van der Waals surface area (Å²) >= 11 is 0. The Kier molecular flexibility index (Phi) is 2.26. The maximum absolute atomic E-state index is 5.73. The highest BCUT2D eigenvalue weighted by molar-refractivity contribution is 5.20. The normalized spacial score (nSPS) is 13.5. The summed E-state index contributed by atoms with van der Waals surface area (Å²) in [4.78, 5) is 0. The molecule has 4 heteroatoms. The Bertz CT molecular complexity index is 241. The van der Waals surface area contributed by atoms with E-state index < -0.39 is 0 Å². The summed E-state index contributed by atoms with van der Waals surface area (Å²) < 4.78 is 1.80. The van der Waals surface area contributed by atoms with E-state index in [0.717, 1.165) is 11.3 Å². The maximum Gasteiger partial charge on any atom is 0.0540 e. The Balaban J connectivity index is 2.94. The van der Waals surface area contributed by atoms with Crippen LogP contribution in [0.5, 0.6) is 0 Å². The molecule has 1 aromatic rings. The maximum atomic E-state index is 5.73. The molecule has 1 heterocycles. The molecule has 0 spiro atoms. The molecule has 0 bridgehead atoms. The highest BCUT2D eigenvalue weighted by atomic mass is 15.3. The van der Waals surface area contributed by atoms with Crippen LogP contribution in [0.15, 0.2) is 6.20 Å². The largest absolute Gasteiger partial charge is 0.329 e. The van der Waals surface area contributed by atoms with Gasteiger partial charge in [-0.2, -0.15) is 5.10 Å². The van der Waals surface area contributed by atoms with Gasteiger partial charge in [0.25, 0.3) is 0 Å². The number of nitrogens with zero attached hydrogens (tertiary/aromatic N) is 2. The number of hydrogen-bond donors (Lipinski definition) is 2. The molecule has 11 heavy (non-hydrogen) atoms. The van der Waals surface area contributed by atoms with Crippen LogP contribution in [0.25, 0.3) is 0 Å². The Hall–Kier alpha value is -0.870. The molecule has 1 rings (SSSR count). The molecule has 4 nitrogen and oxygen atoms in total. The zero-order valence-electron chi connectivity index (χ0n) is 6.91. The van der Waals surface area contributed by atoms with Gasteiger partial charge in [0.15, 0.2) is 0 Å². The summed E-state index contributed by atoms with van der Waals surface area (Å²) in [5, 5.41) is 4.07. The van der Waals surface area contributed by atoms with Crippen molar-refractivity contribution in [2.24, 2.45) is 18.5 Å². The molecule has 1 atom stereocenters. The van der Waals surface area contributed by atoms with Crippen LogP contribution >= 0.6 is 0 Å². The topological polar surface area (TPSA) is 69.9 Å². The Morgan fingerprint density at radius 3 is 2.73 bits per heavy atom. The molecule has 0 fully saturated rings. The number of nitrogens with two attached hydrogens (primary N) is 2. The van der Waals surface area contributed by atoms with Crippen LogP contribution in [0.4, 0.5) is 0 Å². The van der Waals surface area contributed by atoms with Gasteiger partial charge in [-0.25, -0.2) is 0 Å². The van der Waals surface area contributed by atoms with Crippen molar-refractivity contribution in [1.29, 1.82) is 0 Å². The van der Waals surface area contributed by atoms with Crippen LogP contribution in [0.1, 0.15) is 17.3 Å². The second kappa shape index (κ2) is 3.02. The van der Waals surface area contributed by atoms with Gasteiger partial charge in [0, 0.05) is 30.9 Å². The second-order valence-electron chi connectivity index (χ2n) is 2.65. The van der Waals surface area contributed by atoms with E-state index in [1.165, 1.54) is 0 Å². The average molecular weight is 154 g/mol. The third-order valence-corrected chi connectivity index (χ3v) is 1.93. The van der Waals surface area contributed by atoms with Gasteiger partial charge < -0.3 is 11.5 Å². The quantitative estimate of drug-likeness (QED) is 0.613. The van der Waals surface area contributed by atoms with Gasteiger partial charge in [-0.1, -0.05) is 0 Å². The first-order valence-corrected chi connectivity index (χ1v) is 3.61. The van der Waals surface area contributed by atoms with Crippen molar-refractivity contribution >= 4 is 0 Å². The third kappa shape index (κ3) is 1.41. The van der Waals surface area contributed by atoms with E-state index in [2.05, 4.69) is 5.10 Å². The van der Waals surface area contributed by atoms with Crippen LogP contribution in [-0.4, -0.2) is 16.3 Å². The van der Waals surface area contributed by atoms with Crippen molar-refractivity contribution in [3.63, 3.8) is 0 Å². The molecule has 0 aliphatic heterocycles. The SMILES string of the molecule is Cc1c(C(N)CN)cnn1C. The van der Waals surface area contributed by atoms with Crippen molar-refractivity contribution in [2.75, 3.05) is 6.54 Å². The molecule has 1 aromatic heterocycles. The van der Waals surface area contributed by atoms with E-state index in [9.17, 15) is 0 Å². The van der Waals surface area contributed by atoms with Crippen LogP contribution in [0, 0.1) is 6.92 Å². The van der Waals surface area contributed by atoms with Crippen molar-refractivity contribution in [3.05, 3.63) is 17.5 Å². The van der Waals surface area contributed by atoms with Gasteiger partial charge in [0.05, 0.1) is 6.20 Å². The van der Waals surface area contributed by atoms with E-state index in [1.807, 2.05) is 14.0 Å². The first kappa shape index (κ1) is 8.23. The second-order valence-corrected chi connectivity index (χ2v) is 2.65. The lowest BCUT2D eigenvalue weighted by atomic mass is 10.1. The van der Waals surface area contributed by atoms with Crippen LogP contribution in [0.3, 0.4) is 0 Å². The molecule has 0 saturated carbocycles. The van der Waals surface area contributed by atoms with Crippen molar-refractivity contribution in [1.82, 2.24) is 9.78 Å². The monoisotopic (exact) mass is 154 g/mol. The predicted molar refractivity (Wildman–Crippen MR) is 43.9 cm³/mol. The Labute approximate surface area is 66.2 Å². The summed E-state index contributed by atoms with van der Waals surface area (Å²) in [7, 11) is 1.89. The lowest BCUT2D eigenvalue weighted by molar-refractivity contribution is 0.710. The smallest absolute Gasteiger partial charge is 0.0540 e. The summed E-state index contributed by atoms with van der Waals surface area (Å²) in [6.07, 6.45) is 1.77. The molecular weight excluding hydrogens is 140 g/mol. The highest BCUT2D eigenvalue weighted by Gasteiger charge is 2.09. The van der Waals surface area contributed by atoms with Gasteiger partial charge in [0.2, 0.25) is 0 Å². The summed E-state index contributed by atoms with van der Waals surface area (Å²) in [6, 6.07) is -0.0799. The predicted octanol–water partition coefficient (Wildman–Crippen LogP) is -0.313. The molecular formula is C7H14N4. The van der Waals surface area contributed by atoms with Gasteiger partial charge in [-0.05, 0) is 6.92 Å². The molecule has 0 aliphatic carbocycles. The van der Waals surface area contributed by atoms with Gasteiger partial charge in [-0.15, -0.1) is 0 Å². The number of aryl methyl sites for hydroxylation is 1. The molecule has 0 aliphatic rings. The molecule has 1 unspecified atom stereocenters. The molecule has 0 amide bonds. The Morgan fingerprint density at radius 1 is 1.73 bits per heavy atom. The van der Waals surface area contributed by atoms with E-state index in [-0.39, 0.29) is 6.04 Å². The van der Waals surface area contributed by atoms with Gasteiger partial charge in [-0.3, -0.25) is 4.68 Å². The van der Waals surface area contributed by atoms with Crippen molar-refractivity contribution < 1.29 is 0 Å². The molecule has 0 radical (unpaired) electrons. The third-order valence-electron chi connectivity index (χ3n) is 1.93. The summed E-state index contributed by atoms with van der Waals surface area (Å²) in [5.41, 5.74) is 13.3. The van der Waals surface area contributed by atoms with Crippen molar-refractivity contribution in [2.45, 2.75) is 13.0 Å². The van der Waals surface area contributed by atoms with E-state index in [1.54, 1.807) is 10.9 Å². The lowest BCUT2D eigenvalue weighted by Gasteiger charge is -2.06. The molecule has 0 aromatic carbocycles.